The van der Waals surface area contributed by atoms with Crippen molar-refractivity contribution in [1.29, 1.82) is 0 Å². The minimum atomic E-state index is -1.22. The number of carbonyl (C=O) groups is 1. The van der Waals surface area contributed by atoms with Crippen molar-refractivity contribution in [2.24, 2.45) is 5.41 Å². The number of ether oxygens (including phenoxy) is 4. The Bertz CT molecular complexity index is 1100. The van der Waals surface area contributed by atoms with Gasteiger partial charge in [-0.05, 0) is 50.7 Å². The van der Waals surface area contributed by atoms with Gasteiger partial charge in [-0.2, -0.15) is 0 Å². The van der Waals surface area contributed by atoms with Crippen LogP contribution in [-0.2, 0) is 32.2 Å². The van der Waals surface area contributed by atoms with Crippen LogP contribution < -0.4 is 0 Å². The molecule has 0 spiro atoms. The first-order chi connectivity index (χ1) is 19.7. The Labute approximate surface area is 253 Å². The van der Waals surface area contributed by atoms with Crippen LogP contribution >= 0.6 is 0 Å². The van der Waals surface area contributed by atoms with E-state index in [2.05, 4.69) is 20.8 Å². The van der Waals surface area contributed by atoms with Crippen LogP contribution in [0.3, 0.4) is 0 Å². The van der Waals surface area contributed by atoms with E-state index in [0.717, 1.165) is 30.4 Å². The third-order valence-corrected chi connectivity index (χ3v) is 8.57. The van der Waals surface area contributed by atoms with Crippen LogP contribution in [0.2, 0.25) is 0 Å². The summed E-state index contributed by atoms with van der Waals surface area (Å²) in [4.78, 5) is 15.1. The summed E-state index contributed by atoms with van der Waals surface area (Å²) in [7, 11) is 1.70. The number of aliphatic hydroxyl groups is 1. The van der Waals surface area contributed by atoms with Crippen molar-refractivity contribution < 1.29 is 28.8 Å². The van der Waals surface area contributed by atoms with Crippen molar-refractivity contribution in [2.75, 3.05) is 13.7 Å². The van der Waals surface area contributed by atoms with Crippen LogP contribution in [-0.4, -0.2) is 58.9 Å². The van der Waals surface area contributed by atoms with Gasteiger partial charge in [-0.25, -0.2) is 4.79 Å². The van der Waals surface area contributed by atoms with Crippen LogP contribution in [0, 0.1) is 5.41 Å². The lowest BCUT2D eigenvalue weighted by Gasteiger charge is -2.46. The summed E-state index contributed by atoms with van der Waals surface area (Å²) in [5, 5.41) is 11.7. The molecular weight excluding hydrogens is 530 g/mol. The van der Waals surface area contributed by atoms with E-state index >= 15 is 0 Å². The summed E-state index contributed by atoms with van der Waals surface area (Å²) in [5.74, 6) is 0. The van der Waals surface area contributed by atoms with Gasteiger partial charge in [0.05, 0.1) is 31.5 Å². The fourth-order valence-electron chi connectivity index (χ4n) is 5.28. The lowest BCUT2D eigenvalue weighted by atomic mass is 9.73. The molecule has 42 heavy (non-hydrogen) atoms. The number of likely N-dealkylation sites (N-methyl/N-ethyl adjacent to an activating group) is 1. The van der Waals surface area contributed by atoms with E-state index in [-0.39, 0.29) is 12.7 Å². The van der Waals surface area contributed by atoms with Crippen LogP contribution in [0.4, 0.5) is 4.79 Å². The van der Waals surface area contributed by atoms with Crippen LogP contribution in [0.15, 0.2) is 60.7 Å². The van der Waals surface area contributed by atoms with Gasteiger partial charge < -0.3 is 24.1 Å². The number of nitrogens with zero attached hydrogens (tertiary/aromatic N) is 1. The highest BCUT2D eigenvalue weighted by molar-refractivity contribution is 5.69. The van der Waals surface area contributed by atoms with Crippen LogP contribution in [0.5, 0.6) is 0 Å². The summed E-state index contributed by atoms with van der Waals surface area (Å²) in [6, 6.07) is 20.0. The molecule has 0 heterocycles. The van der Waals surface area contributed by atoms with Crippen molar-refractivity contribution in [3.8, 4) is 0 Å². The van der Waals surface area contributed by atoms with Crippen LogP contribution in [0.25, 0.3) is 0 Å². The molecule has 3 rings (SSSR count). The minimum absolute atomic E-state index is 0.0213. The number of amides is 1. The van der Waals surface area contributed by atoms with E-state index in [1.54, 1.807) is 7.05 Å². The average Bonchev–Trinajstić information content (AvgIpc) is 3.31. The van der Waals surface area contributed by atoms with Crippen LogP contribution in [0.1, 0.15) is 91.7 Å². The quantitative estimate of drug-likeness (QED) is 0.232. The maximum atomic E-state index is 13.6. The molecule has 1 saturated carbocycles. The Morgan fingerprint density at radius 3 is 2.00 bits per heavy atom. The zero-order valence-electron chi connectivity index (χ0n) is 27.0. The van der Waals surface area contributed by atoms with Gasteiger partial charge in [0.25, 0.3) is 0 Å². The number of rotatable bonds is 14. The molecule has 0 aliphatic heterocycles. The van der Waals surface area contributed by atoms with Gasteiger partial charge >= 0.3 is 6.09 Å². The lowest BCUT2D eigenvalue weighted by Crippen LogP contribution is -2.60. The summed E-state index contributed by atoms with van der Waals surface area (Å²) < 4.78 is 25.6. The van der Waals surface area contributed by atoms with Gasteiger partial charge in [0.15, 0.2) is 5.72 Å². The van der Waals surface area contributed by atoms with E-state index in [1.807, 2.05) is 88.4 Å². The fraction of sp³-hybridized carbons (Fsp3) is 0.629. The van der Waals surface area contributed by atoms with E-state index in [1.165, 1.54) is 4.90 Å². The second-order valence-electron chi connectivity index (χ2n) is 13.6. The van der Waals surface area contributed by atoms with E-state index in [4.69, 9.17) is 18.9 Å². The summed E-state index contributed by atoms with van der Waals surface area (Å²) in [5.41, 5.74) is -1.38. The first kappa shape index (κ1) is 34.0. The van der Waals surface area contributed by atoms with Crippen molar-refractivity contribution >= 4 is 6.09 Å². The van der Waals surface area contributed by atoms with E-state index < -0.39 is 34.5 Å². The Morgan fingerprint density at radius 2 is 1.48 bits per heavy atom. The molecule has 4 atom stereocenters. The third-order valence-electron chi connectivity index (χ3n) is 8.57. The smallest absolute Gasteiger partial charge is 0.412 e. The van der Waals surface area contributed by atoms with Gasteiger partial charge in [0, 0.05) is 19.9 Å². The van der Waals surface area contributed by atoms with Gasteiger partial charge in [-0.3, -0.25) is 4.90 Å². The zero-order chi connectivity index (χ0) is 31.0. The molecule has 1 unspecified atom stereocenters. The maximum absolute atomic E-state index is 13.6. The molecule has 0 radical (unpaired) electrons. The Morgan fingerprint density at radius 1 is 0.929 bits per heavy atom. The summed E-state index contributed by atoms with van der Waals surface area (Å²) in [6.07, 6.45) is 2.52. The standard InChI is InChI=1S/C35H53NO6/c1-9-10-21-33(5,6)34(7,38)26-41-35(36(8)31(37)42-32(2,3)4)23-29(39-24-27-17-13-11-14-18-27)22-30(35)40-25-28-19-15-12-16-20-28/h11-20,29-30,38H,9-10,21-26H2,1-8H3/t29-,30+,34?,35-/m1/s1. The molecule has 0 aromatic heterocycles. The predicted octanol–water partition coefficient (Wildman–Crippen LogP) is 7.50. The lowest BCUT2D eigenvalue weighted by molar-refractivity contribution is -0.236. The molecule has 0 bridgehead atoms. The molecule has 1 N–H and O–H groups in total. The molecule has 7 heteroatoms. The normalized spacial score (nSPS) is 22.5. The van der Waals surface area contributed by atoms with Crippen molar-refractivity contribution in [3.05, 3.63) is 71.8 Å². The van der Waals surface area contributed by atoms with E-state index in [0.29, 0.717) is 26.1 Å². The minimum Gasteiger partial charge on any atom is -0.444 e. The number of carbonyl (C=O) groups excluding carboxylic acids is 1. The largest absolute Gasteiger partial charge is 0.444 e. The van der Waals surface area contributed by atoms with Gasteiger partial charge in [0.1, 0.15) is 11.7 Å². The Kier molecular flexibility index (Phi) is 11.6. The molecular formula is C35H53NO6. The zero-order valence-corrected chi connectivity index (χ0v) is 27.0. The Hall–Kier alpha value is -2.45. The monoisotopic (exact) mass is 583 g/mol. The fourth-order valence-corrected chi connectivity index (χ4v) is 5.28. The third kappa shape index (κ3) is 9.03. The number of hydrogen-bond donors (Lipinski definition) is 1. The number of benzene rings is 2. The maximum Gasteiger partial charge on any atom is 0.412 e. The Balaban J connectivity index is 1.94. The van der Waals surface area contributed by atoms with Crippen molar-refractivity contribution in [3.63, 3.8) is 0 Å². The number of hydrogen-bond acceptors (Lipinski definition) is 6. The summed E-state index contributed by atoms with van der Waals surface area (Å²) in [6.45, 7) is 14.4. The number of unbranched alkanes of at least 4 members (excludes halogenated alkanes) is 1. The first-order valence-corrected chi connectivity index (χ1v) is 15.3. The molecule has 1 aliphatic carbocycles. The van der Waals surface area contributed by atoms with Gasteiger partial charge in [-0.1, -0.05) is 94.3 Å². The van der Waals surface area contributed by atoms with Gasteiger partial charge in [0.2, 0.25) is 0 Å². The van der Waals surface area contributed by atoms with Crippen molar-refractivity contribution in [1.82, 2.24) is 4.90 Å². The molecule has 1 aliphatic rings. The van der Waals surface area contributed by atoms with Crippen molar-refractivity contribution in [2.45, 2.75) is 123 Å². The first-order valence-electron chi connectivity index (χ1n) is 15.3. The highest BCUT2D eigenvalue weighted by atomic mass is 16.6. The second-order valence-corrected chi connectivity index (χ2v) is 13.6. The molecule has 234 valence electrons. The highest BCUT2D eigenvalue weighted by Crippen LogP contribution is 2.44. The summed E-state index contributed by atoms with van der Waals surface area (Å²) >= 11 is 0. The average molecular weight is 584 g/mol. The van der Waals surface area contributed by atoms with E-state index in [9.17, 15) is 9.90 Å². The topological polar surface area (TPSA) is 77.5 Å². The predicted molar refractivity (Wildman–Crippen MR) is 166 cm³/mol. The SMILES string of the molecule is CCCCC(C)(C)C(C)(O)CO[C@]1(N(C)C(=O)OC(C)(C)C)C[C@H](OCc2ccccc2)C[C@@H]1OCc1ccccc1. The highest BCUT2D eigenvalue weighted by Gasteiger charge is 2.56. The van der Waals surface area contributed by atoms with Gasteiger partial charge in [-0.15, -0.1) is 0 Å². The molecule has 7 nitrogen and oxygen atoms in total. The second kappa shape index (κ2) is 14.3. The molecule has 0 saturated heterocycles. The molecule has 2 aromatic carbocycles. The molecule has 1 amide bonds. The molecule has 1 fully saturated rings. The molecule has 2 aromatic rings.